The van der Waals surface area contributed by atoms with Crippen molar-refractivity contribution in [2.45, 2.75) is 0 Å². The Kier molecular flexibility index (Phi) is 3.23. The van der Waals surface area contributed by atoms with Gasteiger partial charge in [-0.25, -0.2) is 5.10 Å². The highest BCUT2D eigenvalue weighted by molar-refractivity contribution is 6.13. The van der Waals surface area contributed by atoms with E-state index in [9.17, 15) is 4.79 Å². The van der Waals surface area contributed by atoms with Gasteiger partial charge < -0.3 is 14.5 Å². The van der Waals surface area contributed by atoms with E-state index < -0.39 is 0 Å². The summed E-state index contributed by atoms with van der Waals surface area (Å²) in [7, 11) is 3.24. The van der Waals surface area contributed by atoms with Crippen LogP contribution in [-0.2, 0) is 0 Å². The molecule has 0 aliphatic carbocycles. The second-order valence-electron chi connectivity index (χ2n) is 5.42. The highest BCUT2D eigenvalue weighted by atomic mass is 16.5. The number of ether oxygens (including phenoxy) is 2. The summed E-state index contributed by atoms with van der Waals surface area (Å²) in [5.41, 5.74) is 2.70. The summed E-state index contributed by atoms with van der Waals surface area (Å²) in [6.07, 6.45) is 0. The number of aromatic amines is 2. The summed E-state index contributed by atoms with van der Waals surface area (Å²) in [5.74, 6) is 1.49. The van der Waals surface area contributed by atoms with E-state index in [1.54, 1.807) is 14.2 Å². The van der Waals surface area contributed by atoms with Crippen molar-refractivity contribution in [2.24, 2.45) is 0 Å². The number of hydrogen-bond donors (Lipinski definition) is 2. The van der Waals surface area contributed by atoms with Crippen LogP contribution < -0.4 is 15.0 Å². The zero-order valence-corrected chi connectivity index (χ0v) is 13.2. The van der Waals surface area contributed by atoms with Gasteiger partial charge in [-0.1, -0.05) is 0 Å². The van der Waals surface area contributed by atoms with Crippen LogP contribution in [0.15, 0.2) is 47.3 Å². The van der Waals surface area contributed by atoms with E-state index in [2.05, 4.69) is 15.2 Å². The van der Waals surface area contributed by atoms with Crippen molar-refractivity contribution in [3.63, 3.8) is 0 Å². The van der Waals surface area contributed by atoms with E-state index in [0.29, 0.717) is 11.2 Å². The van der Waals surface area contributed by atoms with Crippen LogP contribution >= 0.6 is 0 Å². The molecule has 0 aliphatic heterocycles. The van der Waals surface area contributed by atoms with Crippen LogP contribution in [0.2, 0.25) is 0 Å². The first-order valence-corrected chi connectivity index (χ1v) is 7.44. The van der Waals surface area contributed by atoms with Crippen molar-refractivity contribution in [1.82, 2.24) is 15.2 Å². The van der Waals surface area contributed by atoms with Gasteiger partial charge in [-0.15, -0.1) is 0 Å². The molecule has 2 heterocycles. The maximum Gasteiger partial charge on any atom is 0.288 e. The highest BCUT2D eigenvalue weighted by Gasteiger charge is 2.15. The summed E-state index contributed by atoms with van der Waals surface area (Å²) in [6, 6.07) is 13.2. The molecule has 24 heavy (non-hydrogen) atoms. The Hall–Kier alpha value is -3.28. The number of H-pyrrole nitrogens is 2. The number of benzene rings is 2. The number of nitrogens with zero attached hydrogens (tertiary/aromatic N) is 1. The Morgan fingerprint density at radius 3 is 2.38 bits per heavy atom. The van der Waals surface area contributed by atoms with Gasteiger partial charge >= 0.3 is 0 Å². The topological polar surface area (TPSA) is 80.0 Å². The van der Waals surface area contributed by atoms with E-state index in [1.807, 2.05) is 42.5 Å². The Balaban J connectivity index is 2.07. The molecule has 120 valence electrons. The molecule has 0 unspecified atom stereocenters. The normalized spacial score (nSPS) is 11.1. The van der Waals surface area contributed by atoms with E-state index in [1.165, 1.54) is 0 Å². The first kappa shape index (κ1) is 14.3. The molecule has 0 fully saturated rings. The number of nitrogens with one attached hydrogen (secondary N) is 2. The van der Waals surface area contributed by atoms with E-state index >= 15 is 0 Å². The van der Waals surface area contributed by atoms with Gasteiger partial charge in [0.05, 0.1) is 14.2 Å². The van der Waals surface area contributed by atoms with Crippen molar-refractivity contribution in [3.8, 4) is 22.8 Å². The largest absolute Gasteiger partial charge is 0.497 e. The molecule has 4 rings (SSSR count). The molecule has 2 aromatic carbocycles. The van der Waals surface area contributed by atoms with Crippen molar-refractivity contribution in [2.75, 3.05) is 14.2 Å². The van der Waals surface area contributed by atoms with Crippen LogP contribution in [0.5, 0.6) is 11.5 Å². The van der Waals surface area contributed by atoms with Gasteiger partial charge in [-0.2, -0.15) is 5.10 Å². The molecule has 0 aliphatic rings. The Labute approximate surface area is 137 Å². The molecule has 0 saturated heterocycles. The molecule has 0 bridgehead atoms. The predicted octanol–water partition coefficient (Wildman–Crippen LogP) is 3.09. The SMILES string of the molecule is COc1ccc(-c2n[nH]c(=O)c3[nH]c4ccc(OC)cc4c23)cc1. The van der Waals surface area contributed by atoms with E-state index in [0.717, 1.165) is 33.4 Å². The Morgan fingerprint density at radius 1 is 0.958 bits per heavy atom. The monoisotopic (exact) mass is 321 g/mol. The van der Waals surface area contributed by atoms with Crippen molar-refractivity contribution in [3.05, 3.63) is 52.8 Å². The zero-order chi connectivity index (χ0) is 16.7. The van der Waals surface area contributed by atoms with Gasteiger partial charge in [0.15, 0.2) is 0 Å². The number of hydrogen-bond acceptors (Lipinski definition) is 4. The van der Waals surface area contributed by atoms with Gasteiger partial charge in [-0.05, 0) is 42.5 Å². The van der Waals surface area contributed by atoms with E-state index in [-0.39, 0.29) is 5.56 Å². The molecule has 6 nitrogen and oxygen atoms in total. The molecule has 0 saturated carbocycles. The van der Waals surface area contributed by atoms with Crippen LogP contribution in [0.1, 0.15) is 0 Å². The fourth-order valence-electron chi connectivity index (χ4n) is 2.89. The fraction of sp³-hybridized carbons (Fsp3) is 0.111. The lowest BCUT2D eigenvalue weighted by molar-refractivity contribution is 0.415. The summed E-state index contributed by atoms with van der Waals surface area (Å²) in [5, 5.41) is 8.50. The third-order valence-corrected chi connectivity index (χ3v) is 4.10. The molecule has 4 aromatic rings. The molecule has 0 amide bonds. The molecule has 0 radical (unpaired) electrons. The minimum Gasteiger partial charge on any atom is -0.497 e. The van der Waals surface area contributed by atoms with Gasteiger partial charge in [0.2, 0.25) is 0 Å². The zero-order valence-electron chi connectivity index (χ0n) is 13.2. The molecular formula is C18H15N3O3. The Bertz CT molecular complexity index is 1090. The second kappa shape index (κ2) is 5.42. The van der Waals surface area contributed by atoms with Gasteiger partial charge in [0.25, 0.3) is 5.56 Å². The lowest BCUT2D eigenvalue weighted by Crippen LogP contribution is -2.09. The van der Waals surface area contributed by atoms with Crippen molar-refractivity contribution < 1.29 is 9.47 Å². The van der Waals surface area contributed by atoms with Crippen molar-refractivity contribution >= 4 is 21.8 Å². The first-order chi connectivity index (χ1) is 11.7. The van der Waals surface area contributed by atoms with Crippen molar-refractivity contribution in [1.29, 1.82) is 0 Å². The molecular weight excluding hydrogens is 306 g/mol. The molecule has 2 N–H and O–H groups in total. The predicted molar refractivity (Wildman–Crippen MR) is 92.8 cm³/mol. The number of methoxy groups -OCH3 is 2. The lowest BCUT2D eigenvalue weighted by Gasteiger charge is -2.05. The maximum atomic E-state index is 12.2. The van der Waals surface area contributed by atoms with Crippen LogP contribution in [0.25, 0.3) is 33.1 Å². The highest BCUT2D eigenvalue weighted by Crippen LogP contribution is 2.33. The maximum absolute atomic E-state index is 12.2. The average Bonchev–Trinajstić information content (AvgIpc) is 3.02. The van der Waals surface area contributed by atoms with Crippen LogP contribution in [0.3, 0.4) is 0 Å². The van der Waals surface area contributed by atoms with Gasteiger partial charge in [0, 0.05) is 21.9 Å². The van der Waals surface area contributed by atoms with Gasteiger partial charge in [-0.3, -0.25) is 4.79 Å². The quantitative estimate of drug-likeness (QED) is 0.607. The van der Waals surface area contributed by atoms with Crippen LogP contribution in [0.4, 0.5) is 0 Å². The van der Waals surface area contributed by atoms with Gasteiger partial charge in [0.1, 0.15) is 22.7 Å². The summed E-state index contributed by atoms with van der Waals surface area (Å²) < 4.78 is 10.5. The summed E-state index contributed by atoms with van der Waals surface area (Å²) in [4.78, 5) is 15.4. The lowest BCUT2D eigenvalue weighted by atomic mass is 10.1. The number of aromatic nitrogens is 3. The van der Waals surface area contributed by atoms with Crippen LogP contribution in [-0.4, -0.2) is 29.4 Å². The smallest absolute Gasteiger partial charge is 0.288 e. The second-order valence-corrected chi connectivity index (χ2v) is 5.42. The number of rotatable bonds is 3. The minimum atomic E-state index is -0.252. The van der Waals surface area contributed by atoms with E-state index in [4.69, 9.17) is 9.47 Å². The molecule has 0 spiro atoms. The third-order valence-electron chi connectivity index (χ3n) is 4.10. The molecule has 2 aromatic heterocycles. The molecule has 6 heteroatoms. The Morgan fingerprint density at radius 2 is 1.67 bits per heavy atom. The number of fused-ring (bicyclic) bond motifs is 3. The van der Waals surface area contributed by atoms with Crippen LogP contribution in [0, 0.1) is 0 Å². The third kappa shape index (κ3) is 2.11. The fourth-order valence-corrected chi connectivity index (χ4v) is 2.89. The standard InChI is InChI=1S/C18H15N3O3/c1-23-11-5-3-10(4-6-11)16-15-13-9-12(24-2)7-8-14(13)19-17(15)18(22)21-20-16/h3-9,19H,1-2H3,(H,21,22). The molecule has 0 atom stereocenters. The summed E-state index contributed by atoms with van der Waals surface area (Å²) >= 11 is 0. The average molecular weight is 321 g/mol. The summed E-state index contributed by atoms with van der Waals surface area (Å²) in [6.45, 7) is 0. The first-order valence-electron chi connectivity index (χ1n) is 7.44. The minimum absolute atomic E-state index is 0.252.